The third kappa shape index (κ3) is 4.04. The molecule has 0 unspecified atom stereocenters. The third-order valence-corrected chi connectivity index (χ3v) is 4.85. The second kappa shape index (κ2) is 7.82. The molecule has 0 saturated carbocycles. The molecule has 8 heteroatoms. The molecule has 3 rings (SSSR count). The molecular weight excluding hydrogens is 382 g/mol. The number of aryl methyl sites for hydroxylation is 4. The quantitative estimate of drug-likeness (QED) is 0.394. The summed E-state index contributed by atoms with van der Waals surface area (Å²) in [5.74, 6) is 0.424. The molecule has 1 aromatic heterocycles. The van der Waals surface area contributed by atoms with Crippen LogP contribution in [0.4, 0.5) is 5.69 Å². The van der Waals surface area contributed by atoms with Crippen LogP contribution < -0.4 is 9.47 Å². The van der Waals surface area contributed by atoms with Gasteiger partial charge in [-0.25, -0.2) is 0 Å². The number of hydrogen-bond acceptors (Lipinski definition) is 6. The van der Waals surface area contributed by atoms with Gasteiger partial charge >= 0.3 is 17.4 Å². The first-order valence-corrected chi connectivity index (χ1v) is 8.83. The largest absolute Gasteiger partial charge is 0.433 e. The summed E-state index contributed by atoms with van der Waals surface area (Å²) < 4.78 is 11.3. The molecule has 0 atom stereocenters. The first kappa shape index (κ1) is 19.6. The minimum absolute atomic E-state index is 0.194. The molecular formula is C20H18ClN3O4. The SMILES string of the molecule is Cc1ccc(Oc2ncnc(Oc3cc(C)c(Cl)c(C)c3)c2[N+](=O)[O-])cc1C. The molecule has 0 bridgehead atoms. The minimum atomic E-state index is -0.624. The third-order valence-electron chi connectivity index (χ3n) is 4.26. The molecule has 0 aliphatic heterocycles. The van der Waals surface area contributed by atoms with Crippen LogP contribution in [0.1, 0.15) is 22.3 Å². The van der Waals surface area contributed by atoms with Gasteiger partial charge in [0.25, 0.3) is 0 Å². The molecule has 0 radical (unpaired) electrons. The number of nitrogens with zero attached hydrogens (tertiary/aromatic N) is 3. The second-order valence-electron chi connectivity index (χ2n) is 6.41. The molecule has 0 saturated heterocycles. The van der Waals surface area contributed by atoms with Gasteiger partial charge in [-0.05, 0) is 74.2 Å². The van der Waals surface area contributed by atoms with Crippen LogP contribution in [0.15, 0.2) is 36.7 Å². The Kier molecular flexibility index (Phi) is 5.46. The Morgan fingerprint density at radius 3 is 1.93 bits per heavy atom. The number of halogens is 1. The van der Waals surface area contributed by atoms with E-state index in [2.05, 4.69) is 9.97 Å². The molecule has 0 spiro atoms. The Labute approximate surface area is 167 Å². The van der Waals surface area contributed by atoms with E-state index in [4.69, 9.17) is 21.1 Å². The lowest BCUT2D eigenvalue weighted by Crippen LogP contribution is -2.01. The highest BCUT2D eigenvalue weighted by Gasteiger charge is 2.27. The molecule has 144 valence electrons. The maximum atomic E-state index is 11.7. The summed E-state index contributed by atoms with van der Waals surface area (Å²) in [6.07, 6.45) is 1.16. The molecule has 2 aromatic carbocycles. The van der Waals surface area contributed by atoms with Gasteiger partial charge in [-0.3, -0.25) is 10.1 Å². The van der Waals surface area contributed by atoms with Gasteiger partial charge in [0.2, 0.25) is 0 Å². The molecule has 0 N–H and O–H groups in total. The van der Waals surface area contributed by atoms with Crippen molar-refractivity contribution in [2.45, 2.75) is 27.7 Å². The van der Waals surface area contributed by atoms with E-state index in [9.17, 15) is 10.1 Å². The first-order valence-electron chi connectivity index (χ1n) is 8.45. The Morgan fingerprint density at radius 1 is 0.857 bits per heavy atom. The highest BCUT2D eigenvalue weighted by Crippen LogP contribution is 2.38. The number of aromatic nitrogens is 2. The van der Waals surface area contributed by atoms with E-state index in [-0.39, 0.29) is 11.8 Å². The lowest BCUT2D eigenvalue weighted by atomic mass is 10.1. The van der Waals surface area contributed by atoms with Crippen LogP contribution in [-0.4, -0.2) is 14.9 Å². The van der Waals surface area contributed by atoms with Crippen molar-refractivity contribution >= 4 is 17.3 Å². The summed E-state index contributed by atoms with van der Waals surface area (Å²) in [6, 6.07) is 8.75. The van der Waals surface area contributed by atoms with Gasteiger partial charge in [0.1, 0.15) is 17.8 Å². The normalized spacial score (nSPS) is 10.6. The zero-order valence-electron chi connectivity index (χ0n) is 15.8. The van der Waals surface area contributed by atoms with E-state index < -0.39 is 10.6 Å². The Bertz CT molecular complexity index is 1050. The molecule has 0 aliphatic carbocycles. The van der Waals surface area contributed by atoms with E-state index in [1.807, 2.05) is 33.8 Å². The van der Waals surface area contributed by atoms with Gasteiger partial charge in [0.15, 0.2) is 0 Å². The Balaban J connectivity index is 2.00. The molecule has 7 nitrogen and oxygen atoms in total. The van der Waals surface area contributed by atoms with Gasteiger partial charge in [0, 0.05) is 5.02 Å². The average molecular weight is 400 g/mol. The smallest absolute Gasteiger partial charge is 0.393 e. The van der Waals surface area contributed by atoms with Crippen LogP contribution in [0.2, 0.25) is 5.02 Å². The van der Waals surface area contributed by atoms with Gasteiger partial charge in [-0.2, -0.15) is 9.97 Å². The topological polar surface area (TPSA) is 87.4 Å². The predicted octanol–water partition coefficient (Wildman–Crippen LogP) is 5.86. The fourth-order valence-corrected chi connectivity index (χ4v) is 2.73. The van der Waals surface area contributed by atoms with Gasteiger partial charge < -0.3 is 9.47 Å². The van der Waals surface area contributed by atoms with Crippen LogP contribution in [-0.2, 0) is 0 Å². The fraction of sp³-hybridized carbons (Fsp3) is 0.200. The molecule has 28 heavy (non-hydrogen) atoms. The van der Waals surface area contributed by atoms with Crippen LogP contribution in [0, 0.1) is 37.8 Å². The lowest BCUT2D eigenvalue weighted by Gasteiger charge is -2.11. The standard InChI is InChI=1S/C20H18ClN3O4/c1-11-5-6-15(7-12(11)2)27-19-18(24(25)26)20(23-10-22-19)28-16-8-13(3)17(21)14(4)9-16/h5-10H,1-4H3. The molecule has 1 heterocycles. The zero-order chi connectivity index (χ0) is 20.4. The highest BCUT2D eigenvalue weighted by molar-refractivity contribution is 6.32. The number of hydrogen-bond donors (Lipinski definition) is 0. The summed E-state index contributed by atoms with van der Waals surface area (Å²) >= 11 is 6.16. The van der Waals surface area contributed by atoms with Gasteiger partial charge in [-0.15, -0.1) is 0 Å². The van der Waals surface area contributed by atoms with Crippen molar-refractivity contribution in [2.24, 2.45) is 0 Å². The number of rotatable bonds is 5. The molecule has 0 fully saturated rings. The monoisotopic (exact) mass is 399 g/mol. The molecule has 0 amide bonds. The summed E-state index contributed by atoms with van der Waals surface area (Å²) in [5.41, 5.74) is 3.21. The predicted molar refractivity (Wildman–Crippen MR) is 106 cm³/mol. The van der Waals surface area contributed by atoms with Crippen molar-refractivity contribution in [2.75, 3.05) is 0 Å². The number of ether oxygens (including phenoxy) is 2. The molecule has 3 aromatic rings. The summed E-state index contributed by atoms with van der Waals surface area (Å²) in [5, 5.41) is 12.3. The van der Waals surface area contributed by atoms with Crippen molar-refractivity contribution < 1.29 is 14.4 Å². The zero-order valence-corrected chi connectivity index (χ0v) is 16.6. The Morgan fingerprint density at radius 2 is 1.39 bits per heavy atom. The maximum absolute atomic E-state index is 11.7. The van der Waals surface area contributed by atoms with Crippen molar-refractivity contribution in [3.63, 3.8) is 0 Å². The van der Waals surface area contributed by atoms with Crippen LogP contribution in [0.5, 0.6) is 23.3 Å². The van der Waals surface area contributed by atoms with Crippen LogP contribution in [0.25, 0.3) is 0 Å². The second-order valence-corrected chi connectivity index (χ2v) is 6.79. The van der Waals surface area contributed by atoms with Gasteiger partial charge in [0.05, 0.1) is 4.92 Å². The fourth-order valence-electron chi connectivity index (χ4n) is 2.62. The highest BCUT2D eigenvalue weighted by atomic mass is 35.5. The molecule has 0 aliphatic rings. The number of nitro groups is 1. The lowest BCUT2D eigenvalue weighted by molar-refractivity contribution is -0.387. The van der Waals surface area contributed by atoms with E-state index in [1.54, 1.807) is 24.3 Å². The van der Waals surface area contributed by atoms with Crippen LogP contribution >= 0.6 is 11.6 Å². The van der Waals surface area contributed by atoms with Crippen molar-refractivity contribution in [1.29, 1.82) is 0 Å². The van der Waals surface area contributed by atoms with E-state index in [1.165, 1.54) is 0 Å². The summed E-state index contributed by atoms with van der Waals surface area (Å²) in [6.45, 7) is 7.54. The van der Waals surface area contributed by atoms with E-state index >= 15 is 0 Å². The van der Waals surface area contributed by atoms with Crippen molar-refractivity contribution in [1.82, 2.24) is 9.97 Å². The van der Waals surface area contributed by atoms with Crippen molar-refractivity contribution in [3.8, 4) is 23.3 Å². The average Bonchev–Trinajstić information content (AvgIpc) is 2.62. The van der Waals surface area contributed by atoms with Crippen LogP contribution in [0.3, 0.4) is 0 Å². The van der Waals surface area contributed by atoms with Crippen molar-refractivity contribution in [3.05, 3.63) is 74.0 Å². The summed E-state index contributed by atoms with van der Waals surface area (Å²) in [4.78, 5) is 18.9. The number of benzene rings is 2. The van der Waals surface area contributed by atoms with E-state index in [0.29, 0.717) is 16.5 Å². The summed E-state index contributed by atoms with van der Waals surface area (Å²) in [7, 11) is 0. The maximum Gasteiger partial charge on any atom is 0.393 e. The van der Waals surface area contributed by atoms with E-state index in [0.717, 1.165) is 28.6 Å². The first-order chi connectivity index (χ1) is 13.3. The minimum Gasteiger partial charge on any atom is -0.433 e. The van der Waals surface area contributed by atoms with Gasteiger partial charge in [-0.1, -0.05) is 17.7 Å². The Hall–Kier alpha value is -3.19.